The van der Waals surface area contributed by atoms with E-state index in [-0.39, 0.29) is 24.8 Å². The highest BCUT2D eigenvalue weighted by atomic mass is 19.1. The molecule has 1 aliphatic heterocycles. The number of hydrogen-bond donors (Lipinski definition) is 7. The van der Waals surface area contributed by atoms with Crippen molar-refractivity contribution in [3.05, 3.63) is 59.9 Å². The lowest BCUT2D eigenvalue weighted by Gasteiger charge is -2.40. The summed E-state index contributed by atoms with van der Waals surface area (Å²) in [6.45, 7) is 5.67. The number of aryl methyl sites for hydroxylation is 1. The smallest absolute Gasteiger partial charge is 0.220 e. The molecule has 2 unspecified atom stereocenters. The second-order valence-electron chi connectivity index (χ2n) is 16.8. The summed E-state index contributed by atoms with van der Waals surface area (Å²) in [7, 11) is 0. The van der Waals surface area contributed by atoms with Gasteiger partial charge in [0.2, 0.25) is 5.91 Å². The molecule has 2 aromatic carbocycles. The van der Waals surface area contributed by atoms with Crippen molar-refractivity contribution in [2.75, 3.05) is 13.2 Å². The fourth-order valence-electron chi connectivity index (χ4n) is 7.35. The number of carbonyl (C=O) groups is 1. The number of nitrogens with one attached hydrogen (secondary N) is 1. The van der Waals surface area contributed by atoms with Crippen molar-refractivity contribution in [2.24, 2.45) is 0 Å². The average Bonchev–Trinajstić information content (AvgIpc) is 3.26. The van der Waals surface area contributed by atoms with E-state index in [4.69, 9.17) is 14.2 Å². The van der Waals surface area contributed by atoms with Gasteiger partial charge in [-0.2, -0.15) is 0 Å². The molecule has 8 atom stereocenters. The minimum Gasteiger partial charge on any atom is -0.457 e. The molecule has 1 amide bonds. The molecule has 11 nitrogen and oxygen atoms in total. The van der Waals surface area contributed by atoms with Crippen LogP contribution in [0.2, 0.25) is 0 Å². The monoisotopic (exact) mass is 864 g/mol. The predicted octanol–water partition coefficient (Wildman–Crippen LogP) is 8.81. The molecule has 1 heterocycles. The Bertz CT molecular complexity index is 1350. The maximum Gasteiger partial charge on any atom is 0.220 e. The third-order valence-electron chi connectivity index (χ3n) is 11.3. The van der Waals surface area contributed by atoms with Crippen LogP contribution in [-0.4, -0.2) is 98.7 Å². The van der Waals surface area contributed by atoms with Gasteiger partial charge in [0.05, 0.1) is 25.4 Å². The first-order chi connectivity index (χ1) is 29.5. The van der Waals surface area contributed by atoms with Crippen molar-refractivity contribution < 1.29 is 54.0 Å². The van der Waals surface area contributed by atoms with Gasteiger partial charge in [-0.1, -0.05) is 148 Å². The molecule has 350 valence electrons. The maximum absolute atomic E-state index is 12.7. The van der Waals surface area contributed by atoms with E-state index >= 15 is 0 Å². The summed E-state index contributed by atoms with van der Waals surface area (Å²) in [6, 6.07) is 13.1. The minimum absolute atomic E-state index is 0.253. The zero-order valence-corrected chi connectivity index (χ0v) is 37.6. The van der Waals surface area contributed by atoms with Crippen LogP contribution in [0, 0.1) is 5.82 Å². The van der Waals surface area contributed by atoms with E-state index in [2.05, 4.69) is 38.2 Å². The third kappa shape index (κ3) is 23.5. The molecule has 0 radical (unpaired) electrons. The Hall–Kier alpha value is -2.68. The Kier molecular flexibility index (Phi) is 30.2. The molecule has 2 aromatic rings. The standard InChI is InChI=1S/C33H65NO9.C16H17FO/c1-3-5-7-9-11-12-13-14-15-16-17-19-21-26(36)29(38)25(34-28(37)22-20-18-10-8-6-4-2)24-42-33-32(41)31(40)30(39)27(23-35)43-33;1-2-3-4-13-5-9-15(10-6-13)18-16-11-7-14(17)8-12-16/h25-27,29-33,35-36,38-41H,3-24H2,1-2H3,(H,34,37);5-12H,2-4H2,1H3/t25-,26+,27?,29-,30-,31-,32?,33-;/m0./s1. The summed E-state index contributed by atoms with van der Waals surface area (Å²) in [5, 5.41) is 64.3. The van der Waals surface area contributed by atoms with Gasteiger partial charge in [0, 0.05) is 6.42 Å². The van der Waals surface area contributed by atoms with E-state index in [1.807, 2.05) is 12.1 Å². The number of amides is 1. The molecule has 3 rings (SSSR count). The van der Waals surface area contributed by atoms with Crippen LogP contribution in [0.15, 0.2) is 48.5 Å². The zero-order valence-electron chi connectivity index (χ0n) is 37.6. The summed E-state index contributed by atoms with van der Waals surface area (Å²) < 4.78 is 29.4. The lowest BCUT2D eigenvalue weighted by Crippen LogP contribution is -2.60. The van der Waals surface area contributed by atoms with E-state index in [1.54, 1.807) is 12.1 Å². The van der Waals surface area contributed by atoms with E-state index in [0.717, 1.165) is 63.5 Å². The molecule has 0 aliphatic carbocycles. The van der Waals surface area contributed by atoms with Crippen LogP contribution >= 0.6 is 0 Å². The van der Waals surface area contributed by atoms with E-state index in [9.17, 15) is 39.8 Å². The van der Waals surface area contributed by atoms with Gasteiger partial charge >= 0.3 is 0 Å². The first-order valence-electron chi connectivity index (χ1n) is 23.6. The highest BCUT2D eigenvalue weighted by Gasteiger charge is 2.44. The minimum atomic E-state index is -1.60. The van der Waals surface area contributed by atoms with Gasteiger partial charge in [-0.3, -0.25) is 4.79 Å². The van der Waals surface area contributed by atoms with Gasteiger partial charge in [0.15, 0.2) is 6.29 Å². The Morgan fingerprint density at radius 3 is 1.69 bits per heavy atom. The summed E-state index contributed by atoms with van der Waals surface area (Å²) in [5.41, 5.74) is 1.32. The molecule has 0 bridgehead atoms. The van der Waals surface area contributed by atoms with Gasteiger partial charge in [-0.15, -0.1) is 0 Å². The predicted molar refractivity (Wildman–Crippen MR) is 239 cm³/mol. The van der Waals surface area contributed by atoms with Crippen molar-refractivity contribution in [2.45, 2.75) is 217 Å². The maximum atomic E-state index is 12.7. The van der Waals surface area contributed by atoms with Crippen LogP contribution in [0.3, 0.4) is 0 Å². The molecular weight excluding hydrogens is 782 g/mol. The van der Waals surface area contributed by atoms with Crippen molar-refractivity contribution in [1.29, 1.82) is 0 Å². The molecule has 1 aliphatic rings. The number of rotatable bonds is 32. The van der Waals surface area contributed by atoms with Crippen LogP contribution in [-0.2, 0) is 20.7 Å². The first kappa shape index (κ1) is 54.5. The molecule has 12 heteroatoms. The van der Waals surface area contributed by atoms with E-state index < -0.39 is 55.6 Å². The molecular formula is C49H82FNO10. The van der Waals surface area contributed by atoms with Crippen LogP contribution in [0.25, 0.3) is 0 Å². The van der Waals surface area contributed by atoms with Crippen LogP contribution in [0.4, 0.5) is 4.39 Å². The number of ether oxygens (including phenoxy) is 3. The number of aliphatic hydroxyl groups is 6. The fraction of sp³-hybridized carbons (Fsp3) is 0.735. The summed E-state index contributed by atoms with van der Waals surface area (Å²) >= 11 is 0. The van der Waals surface area contributed by atoms with Gasteiger partial charge < -0.3 is 50.2 Å². The second-order valence-corrected chi connectivity index (χ2v) is 16.8. The normalized spacial score (nSPS) is 20.3. The molecule has 61 heavy (non-hydrogen) atoms. The highest BCUT2D eigenvalue weighted by molar-refractivity contribution is 5.76. The SMILES string of the molecule is CCCCCCCCCCCCCC[C@@H](O)[C@@H](O)[C@H](CO[C@H]1OC(CO)[C@H](O)[C@H](O)C1O)NC(=O)CCCCCCCC.CCCCc1ccc(Oc2ccc(F)cc2)cc1. The second kappa shape index (κ2) is 33.8. The zero-order chi connectivity index (χ0) is 44.7. The molecule has 0 spiro atoms. The lowest BCUT2D eigenvalue weighted by molar-refractivity contribution is -0.303. The third-order valence-corrected chi connectivity index (χ3v) is 11.3. The van der Waals surface area contributed by atoms with Gasteiger partial charge in [0.1, 0.15) is 47.8 Å². The molecule has 1 fully saturated rings. The van der Waals surface area contributed by atoms with Gasteiger partial charge in [-0.05, 0) is 67.6 Å². The topological polar surface area (TPSA) is 178 Å². The quantitative estimate of drug-likeness (QED) is 0.0352. The van der Waals surface area contributed by atoms with E-state index in [0.29, 0.717) is 18.6 Å². The Morgan fingerprint density at radius 2 is 1.16 bits per heavy atom. The van der Waals surface area contributed by atoms with Crippen molar-refractivity contribution in [1.82, 2.24) is 5.32 Å². The Balaban J connectivity index is 0.000000585. The summed E-state index contributed by atoms with van der Waals surface area (Å²) in [4.78, 5) is 12.7. The Morgan fingerprint density at radius 1 is 0.672 bits per heavy atom. The number of aliphatic hydroxyl groups excluding tert-OH is 6. The van der Waals surface area contributed by atoms with Crippen LogP contribution in [0.5, 0.6) is 11.5 Å². The number of carbonyl (C=O) groups excluding carboxylic acids is 1. The molecule has 1 saturated heterocycles. The van der Waals surface area contributed by atoms with E-state index in [1.165, 1.54) is 88.3 Å². The van der Waals surface area contributed by atoms with Crippen LogP contribution < -0.4 is 10.1 Å². The van der Waals surface area contributed by atoms with Crippen LogP contribution in [0.1, 0.15) is 168 Å². The average molecular weight is 864 g/mol. The molecule has 0 aromatic heterocycles. The number of unbranched alkanes of at least 4 members (excludes halogenated alkanes) is 17. The first-order valence-corrected chi connectivity index (χ1v) is 23.6. The Labute approximate surface area is 366 Å². The molecule has 0 saturated carbocycles. The van der Waals surface area contributed by atoms with Gasteiger partial charge in [-0.25, -0.2) is 4.39 Å². The highest BCUT2D eigenvalue weighted by Crippen LogP contribution is 2.24. The number of hydrogen-bond acceptors (Lipinski definition) is 10. The van der Waals surface area contributed by atoms with Crippen molar-refractivity contribution in [3.8, 4) is 11.5 Å². The van der Waals surface area contributed by atoms with Crippen molar-refractivity contribution >= 4 is 5.91 Å². The number of benzene rings is 2. The summed E-state index contributed by atoms with van der Waals surface area (Å²) in [6.07, 6.45) is 15.0. The molecule has 7 N–H and O–H groups in total. The number of halogens is 1. The fourth-order valence-corrected chi connectivity index (χ4v) is 7.35. The lowest BCUT2D eigenvalue weighted by atomic mass is 9.98. The van der Waals surface area contributed by atoms with Crippen molar-refractivity contribution in [3.63, 3.8) is 0 Å². The largest absolute Gasteiger partial charge is 0.457 e. The van der Waals surface area contributed by atoms with Gasteiger partial charge in [0.25, 0.3) is 0 Å². The summed E-state index contributed by atoms with van der Waals surface area (Å²) in [5.74, 6) is 0.909.